The zero-order chi connectivity index (χ0) is 11.8. The lowest BCUT2D eigenvalue weighted by molar-refractivity contribution is -0.135. The van der Waals surface area contributed by atoms with Gasteiger partial charge < -0.3 is 10.1 Å². The molecule has 2 rings (SSSR count). The molecule has 86 valence electrons. The summed E-state index contributed by atoms with van der Waals surface area (Å²) >= 11 is 0. The first-order valence-corrected chi connectivity index (χ1v) is 5.53. The van der Waals surface area contributed by atoms with Gasteiger partial charge in [-0.25, -0.2) is 4.79 Å². The van der Waals surface area contributed by atoms with Gasteiger partial charge >= 0.3 is 5.97 Å². The van der Waals surface area contributed by atoms with Crippen LogP contribution in [0.25, 0.3) is 0 Å². The van der Waals surface area contributed by atoms with Gasteiger partial charge in [0.15, 0.2) is 0 Å². The van der Waals surface area contributed by atoms with Gasteiger partial charge in [-0.05, 0) is 32.3 Å². The Morgan fingerprint density at radius 3 is 2.94 bits per heavy atom. The number of esters is 1. The van der Waals surface area contributed by atoms with Gasteiger partial charge in [0.2, 0.25) is 0 Å². The second kappa shape index (κ2) is 3.81. The quantitative estimate of drug-likeness (QED) is 0.686. The van der Waals surface area contributed by atoms with Crippen molar-refractivity contribution in [2.45, 2.75) is 32.2 Å². The van der Waals surface area contributed by atoms with Gasteiger partial charge in [0.05, 0.1) is 23.9 Å². The van der Waals surface area contributed by atoms with Crippen LogP contribution in [0.4, 0.5) is 0 Å². The van der Waals surface area contributed by atoms with Crippen LogP contribution in [-0.4, -0.2) is 18.6 Å². The minimum absolute atomic E-state index is 0.108. The predicted molar refractivity (Wildman–Crippen MR) is 62.7 cm³/mol. The van der Waals surface area contributed by atoms with Crippen molar-refractivity contribution in [3.8, 4) is 0 Å². The molecule has 0 saturated carbocycles. The second-order valence-electron chi connectivity index (χ2n) is 4.73. The molecule has 1 aliphatic carbocycles. The fourth-order valence-corrected chi connectivity index (χ4v) is 2.05. The van der Waals surface area contributed by atoms with Crippen LogP contribution in [0.5, 0.6) is 0 Å². The zero-order valence-corrected chi connectivity index (χ0v) is 9.96. The molecule has 0 fully saturated rings. The van der Waals surface area contributed by atoms with Gasteiger partial charge in [0.1, 0.15) is 0 Å². The maximum Gasteiger partial charge on any atom is 0.339 e. The smallest absolute Gasteiger partial charge is 0.339 e. The topological polar surface area (TPSA) is 38.3 Å². The zero-order valence-electron chi connectivity index (χ0n) is 9.96. The van der Waals surface area contributed by atoms with Crippen LogP contribution in [0.2, 0.25) is 0 Å². The average molecular weight is 219 g/mol. The Morgan fingerprint density at radius 1 is 1.50 bits per heavy atom. The predicted octanol–water partition coefficient (Wildman–Crippen LogP) is 2.07. The van der Waals surface area contributed by atoms with E-state index in [2.05, 4.69) is 31.3 Å². The first kappa shape index (κ1) is 11.0. The number of carbonyl (C=O) groups is 1. The Labute approximate surface area is 95.9 Å². The summed E-state index contributed by atoms with van der Waals surface area (Å²) in [5, 5.41) is 3.38. The van der Waals surface area contributed by atoms with E-state index in [1.807, 2.05) is 6.08 Å². The van der Waals surface area contributed by atoms with Gasteiger partial charge in [0.25, 0.3) is 0 Å². The van der Waals surface area contributed by atoms with Gasteiger partial charge in [-0.1, -0.05) is 18.2 Å². The van der Waals surface area contributed by atoms with E-state index in [-0.39, 0.29) is 11.5 Å². The van der Waals surface area contributed by atoms with Crippen molar-refractivity contribution in [2.75, 3.05) is 7.11 Å². The Balaban J connectivity index is 2.36. The van der Waals surface area contributed by atoms with Crippen molar-refractivity contribution in [1.82, 2.24) is 5.32 Å². The fourth-order valence-electron chi connectivity index (χ4n) is 2.05. The third-order valence-electron chi connectivity index (χ3n) is 2.91. The first-order chi connectivity index (χ1) is 7.53. The van der Waals surface area contributed by atoms with E-state index >= 15 is 0 Å². The van der Waals surface area contributed by atoms with Crippen LogP contribution in [0.15, 0.2) is 35.1 Å². The average Bonchev–Trinajstić information content (AvgIpc) is 2.26. The number of hydrogen-bond donors (Lipinski definition) is 1. The highest BCUT2D eigenvalue weighted by atomic mass is 16.5. The normalized spacial score (nSPS) is 22.1. The van der Waals surface area contributed by atoms with Crippen molar-refractivity contribution < 1.29 is 9.53 Å². The first-order valence-electron chi connectivity index (χ1n) is 5.53. The van der Waals surface area contributed by atoms with Crippen molar-refractivity contribution in [2.24, 2.45) is 0 Å². The van der Waals surface area contributed by atoms with Gasteiger partial charge in [-0.15, -0.1) is 0 Å². The molecule has 0 amide bonds. The van der Waals surface area contributed by atoms with Crippen molar-refractivity contribution in [1.29, 1.82) is 0 Å². The maximum absolute atomic E-state index is 11.6. The minimum atomic E-state index is -0.259. The highest BCUT2D eigenvalue weighted by molar-refractivity contribution is 5.94. The van der Waals surface area contributed by atoms with Crippen LogP contribution in [0, 0.1) is 0 Å². The summed E-state index contributed by atoms with van der Waals surface area (Å²) in [6.45, 7) is 4.16. The van der Waals surface area contributed by atoms with Crippen molar-refractivity contribution >= 4 is 5.97 Å². The van der Waals surface area contributed by atoms with Crippen LogP contribution in [0.3, 0.4) is 0 Å². The molecule has 0 saturated heterocycles. The van der Waals surface area contributed by atoms with Gasteiger partial charge in [-0.2, -0.15) is 0 Å². The number of dihydropyridines is 1. The summed E-state index contributed by atoms with van der Waals surface area (Å²) in [5.41, 5.74) is 2.69. The second-order valence-corrected chi connectivity index (χ2v) is 4.73. The number of methoxy groups -OCH3 is 1. The van der Waals surface area contributed by atoms with Crippen LogP contribution in [-0.2, 0) is 9.53 Å². The number of ether oxygens (including phenoxy) is 1. The SMILES string of the molecule is COC(=O)C1=CCCC2=C1NC(C)(C)C=C2. The van der Waals surface area contributed by atoms with E-state index < -0.39 is 0 Å². The molecule has 1 aliphatic heterocycles. The molecule has 0 spiro atoms. The molecule has 1 heterocycles. The number of carbonyl (C=O) groups excluding carboxylic acids is 1. The van der Waals surface area contributed by atoms with E-state index in [1.54, 1.807) is 0 Å². The lowest BCUT2D eigenvalue weighted by Gasteiger charge is -2.33. The lowest BCUT2D eigenvalue weighted by atomic mass is 9.88. The lowest BCUT2D eigenvalue weighted by Crippen LogP contribution is -2.41. The third kappa shape index (κ3) is 1.90. The Bertz CT molecular complexity index is 414. The van der Waals surface area contributed by atoms with Crippen LogP contribution >= 0.6 is 0 Å². The summed E-state index contributed by atoms with van der Waals surface area (Å²) in [6, 6.07) is 0. The molecule has 0 radical (unpaired) electrons. The molecule has 3 nitrogen and oxygen atoms in total. The number of rotatable bonds is 1. The molecule has 0 aromatic heterocycles. The molecule has 0 aromatic carbocycles. The molecule has 0 aromatic rings. The standard InChI is InChI=1S/C13H17NO2/c1-13(2)8-7-9-5-4-6-10(11(9)14-13)12(15)16-3/h6-8,14H,4-5H2,1-3H3. The van der Waals surface area contributed by atoms with E-state index in [4.69, 9.17) is 4.74 Å². The van der Waals surface area contributed by atoms with E-state index in [0.717, 1.165) is 18.5 Å². The molecule has 0 bridgehead atoms. The summed E-state index contributed by atoms with van der Waals surface area (Å²) in [4.78, 5) is 11.6. The molecule has 0 unspecified atom stereocenters. The van der Waals surface area contributed by atoms with E-state index in [9.17, 15) is 4.79 Å². The monoisotopic (exact) mass is 219 g/mol. The highest BCUT2D eigenvalue weighted by Crippen LogP contribution is 2.30. The molecule has 0 atom stereocenters. The van der Waals surface area contributed by atoms with Crippen LogP contribution < -0.4 is 5.32 Å². The van der Waals surface area contributed by atoms with Gasteiger partial charge in [-0.3, -0.25) is 0 Å². The molecule has 2 aliphatic rings. The number of allylic oxidation sites excluding steroid dienone is 3. The maximum atomic E-state index is 11.6. The van der Waals surface area contributed by atoms with Crippen LogP contribution in [0.1, 0.15) is 26.7 Å². The Morgan fingerprint density at radius 2 is 2.25 bits per heavy atom. The van der Waals surface area contributed by atoms with Gasteiger partial charge in [0, 0.05) is 0 Å². The molecular formula is C13H17NO2. The molecule has 3 heteroatoms. The van der Waals surface area contributed by atoms with Crippen molar-refractivity contribution in [3.05, 3.63) is 35.1 Å². The Hall–Kier alpha value is -1.51. The third-order valence-corrected chi connectivity index (χ3v) is 2.91. The molecular weight excluding hydrogens is 202 g/mol. The number of nitrogens with one attached hydrogen (secondary N) is 1. The fraction of sp³-hybridized carbons (Fsp3) is 0.462. The highest BCUT2D eigenvalue weighted by Gasteiger charge is 2.28. The summed E-state index contributed by atoms with van der Waals surface area (Å²) in [7, 11) is 1.42. The molecule has 16 heavy (non-hydrogen) atoms. The van der Waals surface area contributed by atoms with Crippen molar-refractivity contribution in [3.63, 3.8) is 0 Å². The molecule has 1 N–H and O–H groups in total. The largest absolute Gasteiger partial charge is 0.465 e. The minimum Gasteiger partial charge on any atom is -0.465 e. The summed E-state index contributed by atoms with van der Waals surface area (Å²) in [6.07, 6.45) is 8.08. The summed E-state index contributed by atoms with van der Waals surface area (Å²) in [5.74, 6) is -0.259. The Kier molecular flexibility index (Phi) is 2.62. The van der Waals surface area contributed by atoms with E-state index in [0.29, 0.717) is 5.57 Å². The summed E-state index contributed by atoms with van der Waals surface area (Å²) < 4.78 is 4.80. The number of hydrogen-bond acceptors (Lipinski definition) is 3. The van der Waals surface area contributed by atoms with E-state index in [1.165, 1.54) is 12.7 Å².